The number of carbonyl (C=O) groups excluding carboxylic acids is 1. The van der Waals surface area contributed by atoms with Gasteiger partial charge in [0.2, 0.25) is 0 Å². The van der Waals surface area contributed by atoms with Crippen LogP contribution in [0.2, 0.25) is 0 Å². The molecule has 1 aliphatic heterocycles. The van der Waals surface area contributed by atoms with E-state index in [0.717, 1.165) is 31.9 Å². The molecule has 0 aliphatic carbocycles. The van der Waals surface area contributed by atoms with Gasteiger partial charge in [-0.2, -0.15) is 0 Å². The van der Waals surface area contributed by atoms with Gasteiger partial charge >= 0.3 is 0 Å². The summed E-state index contributed by atoms with van der Waals surface area (Å²) in [4.78, 5) is 20.7. The zero-order valence-electron chi connectivity index (χ0n) is 13.7. The van der Waals surface area contributed by atoms with Crippen LogP contribution < -0.4 is 5.32 Å². The molecule has 3 N–H and O–H groups in total. The van der Waals surface area contributed by atoms with Gasteiger partial charge in [-0.25, -0.2) is 14.6 Å². The number of amides is 1. The van der Waals surface area contributed by atoms with E-state index in [1.807, 2.05) is 0 Å². The highest BCUT2D eigenvalue weighted by Crippen LogP contribution is 2.24. The van der Waals surface area contributed by atoms with E-state index < -0.39 is 0 Å². The highest BCUT2D eigenvalue weighted by atomic mass is 32.1. The fourth-order valence-electron chi connectivity index (χ4n) is 2.50. The van der Waals surface area contributed by atoms with Crippen molar-refractivity contribution in [3.05, 3.63) is 22.5 Å². The van der Waals surface area contributed by atoms with Crippen LogP contribution in [0.15, 0.2) is 11.7 Å². The molecule has 0 radical (unpaired) electrons. The van der Waals surface area contributed by atoms with Gasteiger partial charge in [-0.1, -0.05) is 0 Å². The summed E-state index contributed by atoms with van der Waals surface area (Å²) in [7, 11) is 0. The zero-order valence-corrected chi connectivity index (χ0v) is 14.5. The van der Waals surface area contributed by atoms with Crippen molar-refractivity contribution in [1.82, 2.24) is 25.1 Å². The predicted molar refractivity (Wildman–Crippen MR) is 89.8 cm³/mol. The highest BCUT2D eigenvalue weighted by Gasteiger charge is 2.21. The fraction of sp³-hybridized carbons (Fsp3) is 0.600. The van der Waals surface area contributed by atoms with E-state index in [1.165, 1.54) is 11.3 Å². The lowest BCUT2D eigenvalue weighted by Gasteiger charge is -2.18. The van der Waals surface area contributed by atoms with Crippen molar-refractivity contribution < 1.29 is 19.7 Å². The Balaban J connectivity index is 1.63. The highest BCUT2D eigenvalue weighted by molar-refractivity contribution is 7.11. The molecule has 0 bridgehead atoms. The summed E-state index contributed by atoms with van der Waals surface area (Å²) >= 11 is 1.21. The molecule has 25 heavy (non-hydrogen) atoms. The van der Waals surface area contributed by atoms with Crippen molar-refractivity contribution in [2.24, 2.45) is 5.92 Å². The first-order valence-electron chi connectivity index (χ1n) is 8.16. The van der Waals surface area contributed by atoms with Crippen molar-refractivity contribution >= 4 is 17.2 Å². The van der Waals surface area contributed by atoms with Crippen molar-refractivity contribution in [2.45, 2.75) is 18.8 Å². The number of aliphatic hydroxyl groups excluding tert-OH is 2. The topological polar surface area (TPSA) is 122 Å². The van der Waals surface area contributed by atoms with Crippen LogP contribution in [0.25, 0.3) is 5.82 Å². The van der Waals surface area contributed by atoms with E-state index in [9.17, 15) is 4.79 Å². The molecule has 1 saturated heterocycles. The number of hydrogen-bond acceptors (Lipinski definition) is 8. The number of hydrogen-bond donors (Lipinski definition) is 3. The maximum Gasteiger partial charge on any atom is 0.280 e. The lowest BCUT2D eigenvalue weighted by atomic mass is 10.00. The molecule has 1 fully saturated rings. The molecule has 1 amide bonds. The molecule has 0 unspecified atom stereocenters. The van der Waals surface area contributed by atoms with Gasteiger partial charge in [-0.05, 0) is 12.8 Å². The monoisotopic (exact) mass is 367 g/mol. The van der Waals surface area contributed by atoms with Crippen LogP contribution in [0.1, 0.15) is 34.4 Å². The van der Waals surface area contributed by atoms with Crippen LogP contribution in [0.4, 0.5) is 0 Å². The zero-order chi connectivity index (χ0) is 17.6. The molecule has 136 valence electrons. The Hall–Kier alpha value is -1.88. The third-order valence-corrected chi connectivity index (χ3v) is 4.91. The van der Waals surface area contributed by atoms with Crippen molar-refractivity contribution in [2.75, 3.05) is 33.0 Å². The molecule has 3 heterocycles. The molecule has 0 saturated carbocycles. The first kappa shape index (κ1) is 17.9. The summed E-state index contributed by atoms with van der Waals surface area (Å²) in [6.45, 7) is 1.27. The number of thiazole rings is 1. The summed E-state index contributed by atoms with van der Waals surface area (Å²) in [5.41, 5.74) is 0. The minimum Gasteiger partial charge on any atom is -0.396 e. The molecular weight excluding hydrogens is 346 g/mol. The summed E-state index contributed by atoms with van der Waals surface area (Å²) in [5, 5.41) is 27.2. The van der Waals surface area contributed by atoms with Crippen LogP contribution in [-0.4, -0.2) is 68.8 Å². The Morgan fingerprint density at radius 3 is 2.88 bits per heavy atom. The van der Waals surface area contributed by atoms with Gasteiger partial charge < -0.3 is 20.3 Å². The number of carbonyl (C=O) groups is 1. The van der Waals surface area contributed by atoms with Crippen molar-refractivity contribution in [3.63, 3.8) is 0 Å². The molecule has 3 rings (SSSR count). The SMILES string of the molecule is O=C(NCC(CO)CO)c1nc(-n2cnc(C3CCOCC3)n2)cs1. The van der Waals surface area contributed by atoms with Gasteiger partial charge in [0, 0.05) is 50.2 Å². The molecular formula is C15H21N5O4S. The van der Waals surface area contributed by atoms with Crippen LogP contribution in [-0.2, 0) is 4.74 Å². The van der Waals surface area contributed by atoms with Crippen LogP contribution in [0.5, 0.6) is 0 Å². The smallest absolute Gasteiger partial charge is 0.280 e. The summed E-state index contributed by atoms with van der Waals surface area (Å²) in [6.07, 6.45) is 3.42. The molecule has 9 nitrogen and oxygen atoms in total. The minimum absolute atomic E-state index is 0.187. The summed E-state index contributed by atoms with van der Waals surface area (Å²) in [5.74, 6) is 0.900. The second-order valence-corrected chi connectivity index (χ2v) is 6.74. The average molecular weight is 367 g/mol. The van der Waals surface area contributed by atoms with Gasteiger partial charge in [0.05, 0.1) is 0 Å². The minimum atomic E-state index is -0.374. The van der Waals surface area contributed by atoms with Gasteiger partial charge in [-0.3, -0.25) is 4.79 Å². The Kier molecular flexibility index (Phi) is 6.08. The lowest BCUT2D eigenvalue weighted by Crippen LogP contribution is -2.32. The molecule has 2 aromatic heterocycles. The summed E-state index contributed by atoms with van der Waals surface area (Å²) in [6, 6.07) is 0. The van der Waals surface area contributed by atoms with Crippen LogP contribution >= 0.6 is 11.3 Å². The molecule has 0 atom stereocenters. The Labute approximate surface area is 148 Å². The summed E-state index contributed by atoms with van der Waals surface area (Å²) < 4.78 is 6.92. The number of nitrogens with zero attached hydrogens (tertiary/aromatic N) is 4. The second-order valence-electron chi connectivity index (χ2n) is 5.89. The van der Waals surface area contributed by atoms with Gasteiger partial charge in [0.1, 0.15) is 6.33 Å². The third-order valence-electron chi connectivity index (χ3n) is 4.08. The van der Waals surface area contributed by atoms with Crippen LogP contribution in [0, 0.1) is 5.92 Å². The van der Waals surface area contributed by atoms with Gasteiger partial charge in [0.15, 0.2) is 16.6 Å². The maximum atomic E-state index is 12.1. The first-order chi connectivity index (χ1) is 12.2. The maximum absolute atomic E-state index is 12.1. The Morgan fingerprint density at radius 2 is 2.16 bits per heavy atom. The molecule has 10 heteroatoms. The Morgan fingerprint density at radius 1 is 1.40 bits per heavy atom. The average Bonchev–Trinajstić information content (AvgIpc) is 3.32. The number of nitrogens with one attached hydrogen (secondary N) is 1. The predicted octanol–water partition coefficient (Wildman–Crippen LogP) is -0.0516. The van der Waals surface area contributed by atoms with E-state index in [-0.39, 0.29) is 31.6 Å². The van der Waals surface area contributed by atoms with Crippen LogP contribution in [0.3, 0.4) is 0 Å². The number of aromatic nitrogens is 4. The van der Waals surface area contributed by atoms with E-state index in [0.29, 0.717) is 16.7 Å². The standard InChI is InChI=1S/C15H21N5O4S/c21-6-10(7-22)5-16-14(23)15-18-12(8-25-15)20-9-17-13(19-20)11-1-3-24-4-2-11/h8-11,21-22H,1-7H2,(H,16,23). The second kappa shape index (κ2) is 8.48. The molecule has 2 aromatic rings. The van der Waals surface area contributed by atoms with E-state index in [2.05, 4.69) is 20.4 Å². The lowest BCUT2D eigenvalue weighted by molar-refractivity contribution is 0.0836. The van der Waals surface area contributed by atoms with Crippen molar-refractivity contribution in [3.8, 4) is 5.82 Å². The number of rotatable bonds is 7. The van der Waals surface area contributed by atoms with E-state index in [1.54, 1.807) is 16.4 Å². The number of ether oxygens (including phenoxy) is 1. The normalized spacial score (nSPS) is 15.6. The number of aliphatic hydroxyl groups is 2. The quantitative estimate of drug-likeness (QED) is 0.627. The van der Waals surface area contributed by atoms with Gasteiger partial charge in [-0.15, -0.1) is 16.4 Å². The molecule has 0 spiro atoms. The largest absolute Gasteiger partial charge is 0.396 e. The van der Waals surface area contributed by atoms with Crippen molar-refractivity contribution in [1.29, 1.82) is 0 Å². The molecule has 1 aliphatic rings. The first-order valence-corrected chi connectivity index (χ1v) is 9.04. The fourth-order valence-corrected chi connectivity index (χ4v) is 3.21. The third kappa shape index (κ3) is 4.40. The van der Waals surface area contributed by atoms with E-state index >= 15 is 0 Å². The Bertz CT molecular complexity index is 694. The van der Waals surface area contributed by atoms with E-state index in [4.69, 9.17) is 14.9 Å². The van der Waals surface area contributed by atoms with Gasteiger partial charge in [0.25, 0.3) is 5.91 Å². The molecule has 0 aromatic carbocycles.